The molecule has 1 N–H and O–H groups in total. The molecule has 0 unspecified atom stereocenters. The lowest BCUT2D eigenvalue weighted by atomic mass is 9.88. The average Bonchev–Trinajstić information content (AvgIpc) is 3.22. The number of aromatic nitrogens is 3. The number of carbonyl (C=O) groups is 1. The van der Waals surface area contributed by atoms with Crippen LogP contribution in [-0.4, -0.2) is 33.0 Å². The lowest BCUT2D eigenvalue weighted by Crippen LogP contribution is -2.27. The number of nitrogens with zero attached hydrogens (tertiary/aromatic N) is 3. The van der Waals surface area contributed by atoms with Gasteiger partial charge in [-0.15, -0.1) is 10.2 Å². The predicted molar refractivity (Wildman–Crippen MR) is 134 cm³/mol. The summed E-state index contributed by atoms with van der Waals surface area (Å²) < 4.78 is 2.01. The molecule has 1 heterocycles. The van der Waals surface area contributed by atoms with E-state index in [0.29, 0.717) is 12.3 Å². The van der Waals surface area contributed by atoms with E-state index in [9.17, 15) is 4.79 Å². The second-order valence-corrected chi connectivity index (χ2v) is 8.90. The molecule has 6 heteroatoms. The second kappa shape index (κ2) is 11.0. The maximum absolute atomic E-state index is 12.6. The average molecular weight is 457 g/mol. The zero-order valence-electron chi connectivity index (χ0n) is 18.9. The number of aryl methyl sites for hydroxylation is 2. The molecule has 0 saturated heterocycles. The van der Waals surface area contributed by atoms with Gasteiger partial charge in [-0.25, -0.2) is 0 Å². The molecule has 0 bridgehead atoms. The summed E-state index contributed by atoms with van der Waals surface area (Å²) in [5.74, 6) is 1.34. The number of nitrogens with one attached hydrogen (secondary N) is 1. The summed E-state index contributed by atoms with van der Waals surface area (Å²) >= 11 is 1.41. The number of amides is 1. The van der Waals surface area contributed by atoms with E-state index in [1.54, 1.807) is 0 Å². The van der Waals surface area contributed by atoms with E-state index in [0.717, 1.165) is 28.7 Å². The Morgan fingerprint density at radius 2 is 1.48 bits per heavy atom. The van der Waals surface area contributed by atoms with Gasteiger partial charge in [-0.1, -0.05) is 90.6 Å². The number of hydrogen-bond acceptors (Lipinski definition) is 4. The van der Waals surface area contributed by atoms with Crippen molar-refractivity contribution < 1.29 is 4.79 Å². The van der Waals surface area contributed by atoms with E-state index >= 15 is 0 Å². The molecule has 0 radical (unpaired) electrons. The molecule has 0 atom stereocenters. The van der Waals surface area contributed by atoms with Gasteiger partial charge in [-0.05, 0) is 43.0 Å². The zero-order valence-corrected chi connectivity index (χ0v) is 19.8. The molecule has 4 aromatic rings. The quantitative estimate of drug-likeness (QED) is 0.347. The largest absolute Gasteiger partial charge is 0.355 e. The minimum absolute atomic E-state index is 0.00291. The molecular formula is C27H28N4OS. The van der Waals surface area contributed by atoms with Crippen LogP contribution in [0.3, 0.4) is 0 Å². The molecule has 0 fully saturated rings. The second-order valence-electron chi connectivity index (χ2n) is 7.95. The number of benzene rings is 3. The first-order valence-electron chi connectivity index (χ1n) is 11.1. The first kappa shape index (κ1) is 22.8. The maximum atomic E-state index is 12.6. The van der Waals surface area contributed by atoms with Crippen molar-refractivity contribution in [2.75, 3.05) is 12.3 Å². The van der Waals surface area contributed by atoms with Crippen molar-refractivity contribution >= 4 is 17.7 Å². The van der Waals surface area contributed by atoms with Gasteiger partial charge in [0.05, 0.1) is 11.4 Å². The van der Waals surface area contributed by atoms with Gasteiger partial charge in [0.2, 0.25) is 5.91 Å². The highest BCUT2D eigenvalue weighted by molar-refractivity contribution is 7.99. The van der Waals surface area contributed by atoms with Crippen LogP contribution in [0.5, 0.6) is 0 Å². The van der Waals surface area contributed by atoms with E-state index < -0.39 is 0 Å². The molecule has 0 aliphatic heterocycles. The SMILES string of the molecule is Cc1ccccc1-n1c(C)nnc1SCC(=O)NCCC(c1ccccc1)c1ccccc1. The Labute approximate surface area is 199 Å². The van der Waals surface area contributed by atoms with Crippen LogP contribution in [-0.2, 0) is 4.79 Å². The standard InChI is InChI=1S/C27H28N4OS/c1-20-11-9-10-16-25(20)31-21(2)29-30-27(31)33-19-26(32)28-18-17-24(22-12-5-3-6-13-22)23-14-7-4-8-15-23/h3-16,24H,17-19H2,1-2H3,(H,28,32). The summed E-state index contributed by atoms with van der Waals surface area (Å²) in [4.78, 5) is 12.6. The minimum atomic E-state index is -0.00291. The van der Waals surface area contributed by atoms with Crippen molar-refractivity contribution in [2.24, 2.45) is 0 Å². The number of carbonyl (C=O) groups excluding carboxylic acids is 1. The van der Waals surface area contributed by atoms with Crippen LogP contribution in [0, 0.1) is 13.8 Å². The molecule has 0 aliphatic rings. The van der Waals surface area contributed by atoms with Crippen LogP contribution in [0.2, 0.25) is 0 Å². The van der Waals surface area contributed by atoms with Crippen molar-refractivity contribution in [3.05, 3.63) is 107 Å². The Hall–Kier alpha value is -3.38. The summed E-state index contributed by atoms with van der Waals surface area (Å²) in [6.45, 7) is 4.60. The third kappa shape index (κ3) is 5.71. The molecule has 0 aliphatic carbocycles. The van der Waals surface area contributed by atoms with Crippen molar-refractivity contribution in [2.45, 2.75) is 31.3 Å². The minimum Gasteiger partial charge on any atom is -0.355 e. The highest BCUT2D eigenvalue weighted by atomic mass is 32.2. The van der Waals surface area contributed by atoms with Crippen LogP contribution in [0.1, 0.15) is 34.9 Å². The molecule has 33 heavy (non-hydrogen) atoms. The van der Waals surface area contributed by atoms with E-state index in [1.165, 1.54) is 22.9 Å². The highest BCUT2D eigenvalue weighted by Crippen LogP contribution is 2.27. The number of hydrogen-bond donors (Lipinski definition) is 1. The lowest BCUT2D eigenvalue weighted by molar-refractivity contribution is -0.118. The highest BCUT2D eigenvalue weighted by Gasteiger charge is 2.16. The normalized spacial score (nSPS) is 11.0. The third-order valence-electron chi connectivity index (χ3n) is 5.64. The van der Waals surface area contributed by atoms with Gasteiger partial charge in [0, 0.05) is 12.5 Å². The maximum Gasteiger partial charge on any atom is 0.230 e. The summed E-state index contributed by atoms with van der Waals surface area (Å²) in [6, 6.07) is 29.0. The van der Waals surface area contributed by atoms with Gasteiger partial charge in [0.15, 0.2) is 5.16 Å². The zero-order chi connectivity index (χ0) is 23.0. The van der Waals surface area contributed by atoms with Crippen LogP contribution in [0.4, 0.5) is 0 Å². The van der Waals surface area contributed by atoms with Crippen LogP contribution < -0.4 is 5.32 Å². The van der Waals surface area contributed by atoms with Crippen molar-refractivity contribution in [3.63, 3.8) is 0 Å². The van der Waals surface area contributed by atoms with Gasteiger partial charge < -0.3 is 5.32 Å². The van der Waals surface area contributed by atoms with E-state index in [1.807, 2.05) is 41.8 Å². The summed E-state index contributed by atoms with van der Waals surface area (Å²) in [7, 11) is 0. The fourth-order valence-electron chi connectivity index (χ4n) is 3.96. The number of thioether (sulfide) groups is 1. The van der Waals surface area contributed by atoms with E-state index in [4.69, 9.17) is 0 Å². The Kier molecular flexibility index (Phi) is 7.58. The van der Waals surface area contributed by atoms with Gasteiger partial charge in [0.25, 0.3) is 0 Å². The Bertz CT molecular complexity index is 1150. The summed E-state index contributed by atoms with van der Waals surface area (Å²) in [5.41, 5.74) is 4.69. The fraction of sp³-hybridized carbons (Fsp3) is 0.222. The molecule has 0 saturated carbocycles. The van der Waals surface area contributed by atoms with Crippen LogP contribution in [0.25, 0.3) is 5.69 Å². The Balaban J connectivity index is 1.36. The lowest BCUT2D eigenvalue weighted by Gasteiger charge is -2.18. The Morgan fingerprint density at radius 1 is 0.879 bits per heavy atom. The summed E-state index contributed by atoms with van der Waals surface area (Å²) in [6.07, 6.45) is 0.836. The van der Waals surface area contributed by atoms with E-state index in [2.05, 4.69) is 77.0 Å². The molecular weight excluding hydrogens is 428 g/mol. The molecule has 3 aromatic carbocycles. The third-order valence-corrected chi connectivity index (χ3v) is 6.57. The molecule has 1 amide bonds. The fourth-order valence-corrected chi connectivity index (χ4v) is 4.78. The monoisotopic (exact) mass is 456 g/mol. The van der Waals surface area contributed by atoms with Crippen molar-refractivity contribution in [1.29, 1.82) is 0 Å². The van der Waals surface area contributed by atoms with E-state index in [-0.39, 0.29) is 11.8 Å². The molecule has 0 spiro atoms. The van der Waals surface area contributed by atoms with Crippen LogP contribution in [0.15, 0.2) is 90.1 Å². The topological polar surface area (TPSA) is 59.8 Å². The first-order valence-corrected chi connectivity index (χ1v) is 12.1. The molecule has 1 aromatic heterocycles. The Morgan fingerprint density at radius 3 is 2.12 bits per heavy atom. The number of rotatable bonds is 9. The van der Waals surface area contributed by atoms with Crippen LogP contribution >= 0.6 is 11.8 Å². The van der Waals surface area contributed by atoms with Gasteiger partial charge >= 0.3 is 0 Å². The molecule has 4 rings (SSSR count). The van der Waals surface area contributed by atoms with Crippen molar-refractivity contribution in [3.8, 4) is 5.69 Å². The van der Waals surface area contributed by atoms with Gasteiger partial charge in [-0.3, -0.25) is 9.36 Å². The molecule has 168 valence electrons. The van der Waals surface area contributed by atoms with Crippen molar-refractivity contribution in [1.82, 2.24) is 20.1 Å². The smallest absolute Gasteiger partial charge is 0.230 e. The number of para-hydroxylation sites is 1. The van der Waals surface area contributed by atoms with Gasteiger partial charge in [-0.2, -0.15) is 0 Å². The van der Waals surface area contributed by atoms with Gasteiger partial charge in [0.1, 0.15) is 5.82 Å². The predicted octanol–water partition coefficient (Wildman–Crippen LogP) is 5.31. The summed E-state index contributed by atoms with van der Waals surface area (Å²) in [5, 5.41) is 12.3. The first-order chi connectivity index (χ1) is 16.1. The molecule has 5 nitrogen and oxygen atoms in total.